The standard InChI is InChI=1S/C33H61N5O7S/c1-26-37-27-25-46-28(32(27)38-26)11-5-6-12-29(39)34-15-8-18-42-21-23-44-24-22-43-19-9-16-35-30(40)13-7-14-31(41)36-17-10-20-45-33(2,3)4/h27-28,32,37-38H,1,5-25H2,2-4H3,(H,34,39)(H,35,40)(H,36,41)/t27-,28-,32-/m0/s1. The quantitative estimate of drug-likeness (QED) is 0.0826. The number of carbonyl (C=O) groups is 3. The summed E-state index contributed by atoms with van der Waals surface area (Å²) in [6.45, 7) is 15.4. The van der Waals surface area contributed by atoms with Crippen molar-refractivity contribution >= 4 is 29.5 Å². The average molecular weight is 672 g/mol. The lowest BCUT2D eigenvalue weighted by Crippen LogP contribution is -2.36. The lowest BCUT2D eigenvalue weighted by molar-refractivity contribution is -0.123. The second-order valence-corrected chi connectivity index (χ2v) is 14.1. The van der Waals surface area contributed by atoms with Gasteiger partial charge in [0, 0.05) is 69.7 Å². The molecule has 2 aliphatic rings. The summed E-state index contributed by atoms with van der Waals surface area (Å²) in [6, 6.07) is 0.973. The van der Waals surface area contributed by atoms with Crippen LogP contribution in [0.3, 0.4) is 0 Å². The van der Waals surface area contributed by atoms with E-state index in [9.17, 15) is 14.4 Å². The third-order valence-corrected chi connectivity index (χ3v) is 8.98. The van der Waals surface area contributed by atoms with Crippen LogP contribution in [-0.4, -0.2) is 112 Å². The Labute approximate surface area is 281 Å². The van der Waals surface area contributed by atoms with Gasteiger partial charge in [-0.2, -0.15) is 11.8 Å². The predicted molar refractivity (Wildman–Crippen MR) is 183 cm³/mol. The normalized spacial score (nSPS) is 18.9. The van der Waals surface area contributed by atoms with Crippen LogP contribution in [0.25, 0.3) is 0 Å². The first-order valence-corrected chi connectivity index (χ1v) is 18.2. The minimum absolute atomic E-state index is 0.0348. The van der Waals surface area contributed by atoms with Crippen LogP contribution in [0.15, 0.2) is 12.4 Å². The SMILES string of the molecule is C=C1N[C@H]2[C@H](CS[C@H]2CCCCC(=O)NCCCOCCOCCOCCCNC(=O)CCCC(=O)NCCCOC(C)(C)C)N1. The van der Waals surface area contributed by atoms with Gasteiger partial charge in [-0.3, -0.25) is 14.4 Å². The minimum Gasteiger partial charge on any atom is -0.379 e. The van der Waals surface area contributed by atoms with Crippen molar-refractivity contribution in [1.82, 2.24) is 26.6 Å². The van der Waals surface area contributed by atoms with Gasteiger partial charge >= 0.3 is 0 Å². The summed E-state index contributed by atoms with van der Waals surface area (Å²) in [4.78, 5) is 35.9. The molecule has 2 fully saturated rings. The van der Waals surface area contributed by atoms with E-state index in [1.165, 1.54) is 0 Å². The summed E-state index contributed by atoms with van der Waals surface area (Å²) in [7, 11) is 0. The van der Waals surface area contributed by atoms with Crippen molar-refractivity contribution in [3.8, 4) is 0 Å². The molecule has 0 aromatic rings. The molecule has 266 valence electrons. The van der Waals surface area contributed by atoms with Crippen LogP contribution in [0, 0.1) is 0 Å². The maximum atomic E-state index is 12.1. The summed E-state index contributed by atoms with van der Waals surface area (Å²) >= 11 is 2.02. The van der Waals surface area contributed by atoms with Crippen molar-refractivity contribution in [3.05, 3.63) is 12.4 Å². The van der Waals surface area contributed by atoms with Gasteiger partial charge in [0.2, 0.25) is 17.7 Å². The monoisotopic (exact) mass is 671 g/mol. The highest BCUT2D eigenvalue weighted by molar-refractivity contribution is 8.00. The van der Waals surface area contributed by atoms with Crippen LogP contribution in [-0.2, 0) is 33.3 Å². The Balaban J connectivity index is 1.24. The molecule has 0 bridgehead atoms. The molecular weight excluding hydrogens is 610 g/mol. The second-order valence-electron chi connectivity index (χ2n) is 12.8. The van der Waals surface area contributed by atoms with Gasteiger partial charge in [0.05, 0.1) is 49.9 Å². The van der Waals surface area contributed by atoms with E-state index in [1.54, 1.807) is 0 Å². The largest absolute Gasteiger partial charge is 0.379 e. The van der Waals surface area contributed by atoms with Crippen LogP contribution < -0.4 is 26.6 Å². The van der Waals surface area contributed by atoms with Gasteiger partial charge in [0.1, 0.15) is 0 Å². The highest BCUT2D eigenvalue weighted by Gasteiger charge is 2.40. The van der Waals surface area contributed by atoms with E-state index in [4.69, 9.17) is 18.9 Å². The zero-order valence-corrected chi connectivity index (χ0v) is 29.4. The molecule has 3 atom stereocenters. The Bertz CT molecular complexity index is 889. The van der Waals surface area contributed by atoms with Crippen LogP contribution in [0.5, 0.6) is 0 Å². The smallest absolute Gasteiger partial charge is 0.220 e. The predicted octanol–water partition coefficient (Wildman–Crippen LogP) is 2.62. The maximum absolute atomic E-state index is 12.1. The van der Waals surface area contributed by atoms with Crippen molar-refractivity contribution in [2.75, 3.05) is 71.6 Å². The Hall–Kier alpha value is -2.06. The molecule has 0 aromatic carbocycles. The van der Waals surface area contributed by atoms with Crippen molar-refractivity contribution in [3.63, 3.8) is 0 Å². The first kappa shape index (κ1) is 40.1. The van der Waals surface area contributed by atoms with Crippen molar-refractivity contribution in [1.29, 1.82) is 0 Å². The molecule has 12 nitrogen and oxygen atoms in total. The Morgan fingerprint density at radius 3 is 1.76 bits per heavy atom. The molecule has 0 unspecified atom stereocenters. The van der Waals surface area contributed by atoms with E-state index >= 15 is 0 Å². The highest BCUT2D eigenvalue weighted by atomic mass is 32.2. The fourth-order valence-corrected chi connectivity index (χ4v) is 6.62. The number of carbonyl (C=O) groups excluding carboxylic acids is 3. The topological polar surface area (TPSA) is 148 Å². The minimum atomic E-state index is -0.166. The summed E-state index contributed by atoms with van der Waals surface area (Å²) in [5.41, 5.74) is -0.166. The van der Waals surface area contributed by atoms with Crippen LogP contribution in [0.2, 0.25) is 0 Å². The van der Waals surface area contributed by atoms with Gasteiger partial charge in [-0.15, -0.1) is 0 Å². The van der Waals surface area contributed by atoms with E-state index in [0.29, 0.717) is 109 Å². The third kappa shape index (κ3) is 20.2. The van der Waals surface area contributed by atoms with Gasteiger partial charge in [0.25, 0.3) is 0 Å². The third-order valence-electron chi connectivity index (χ3n) is 7.47. The molecule has 0 saturated carbocycles. The fourth-order valence-electron chi connectivity index (χ4n) is 5.08. The van der Waals surface area contributed by atoms with Gasteiger partial charge in [-0.25, -0.2) is 0 Å². The van der Waals surface area contributed by atoms with E-state index in [0.717, 1.165) is 50.1 Å². The van der Waals surface area contributed by atoms with Gasteiger partial charge < -0.3 is 45.5 Å². The van der Waals surface area contributed by atoms with Gasteiger partial charge in [0.15, 0.2) is 0 Å². The second kappa shape index (κ2) is 24.1. The number of rotatable bonds is 27. The number of hydrogen-bond donors (Lipinski definition) is 5. The average Bonchev–Trinajstić information content (AvgIpc) is 3.55. The number of thioether (sulfide) groups is 1. The number of unbranched alkanes of at least 4 members (excludes halogenated alkanes) is 1. The summed E-state index contributed by atoms with van der Waals surface area (Å²) in [5.74, 6) is 2.09. The van der Waals surface area contributed by atoms with E-state index in [-0.39, 0.29) is 23.3 Å². The number of hydrogen-bond acceptors (Lipinski definition) is 10. The Kier molecular flexibility index (Phi) is 21.0. The zero-order chi connectivity index (χ0) is 33.5. The van der Waals surface area contributed by atoms with E-state index in [2.05, 4.69) is 33.2 Å². The van der Waals surface area contributed by atoms with Crippen molar-refractivity contribution in [2.24, 2.45) is 0 Å². The summed E-state index contributed by atoms with van der Waals surface area (Å²) in [6.07, 6.45) is 7.15. The van der Waals surface area contributed by atoms with E-state index in [1.807, 2.05) is 32.5 Å². The molecular formula is C33H61N5O7S. The van der Waals surface area contributed by atoms with Crippen molar-refractivity contribution < 1.29 is 33.3 Å². The zero-order valence-electron chi connectivity index (χ0n) is 28.6. The molecule has 0 radical (unpaired) electrons. The molecule has 0 aliphatic carbocycles. The first-order chi connectivity index (χ1) is 22.1. The van der Waals surface area contributed by atoms with Crippen LogP contribution in [0.4, 0.5) is 0 Å². The van der Waals surface area contributed by atoms with Gasteiger partial charge in [-0.1, -0.05) is 13.0 Å². The molecule has 3 amide bonds. The van der Waals surface area contributed by atoms with Crippen molar-refractivity contribution in [2.45, 2.75) is 108 Å². The summed E-state index contributed by atoms with van der Waals surface area (Å²) in [5, 5.41) is 16.1. The Morgan fingerprint density at radius 2 is 1.22 bits per heavy atom. The van der Waals surface area contributed by atoms with E-state index < -0.39 is 0 Å². The number of amides is 3. The molecule has 0 spiro atoms. The fraction of sp³-hybridized carbons (Fsp3) is 0.848. The molecule has 0 aromatic heterocycles. The summed E-state index contributed by atoms with van der Waals surface area (Å²) < 4.78 is 22.2. The van der Waals surface area contributed by atoms with Crippen LogP contribution >= 0.6 is 11.8 Å². The highest BCUT2D eigenvalue weighted by Crippen LogP contribution is 2.34. The molecule has 5 N–H and O–H groups in total. The molecule has 2 heterocycles. The molecule has 2 saturated heterocycles. The molecule has 46 heavy (non-hydrogen) atoms. The maximum Gasteiger partial charge on any atom is 0.220 e. The molecule has 2 rings (SSSR count). The Morgan fingerprint density at radius 1 is 0.717 bits per heavy atom. The first-order valence-electron chi connectivity index (χ1n) is 17.1. The number of nitrogens with one attached hydrogen (secondary N) is 5. The lowest BCUT2D eigenvalue weighted by Gasteiger charge is -2.19. The lowest BCUT2D eigenvalue weighted by atomic mass is 10.0. The molecule has 2 aliphatic heterocycles. The van der Waals surface area contributed by atoms with Crippen LogP contribution in [0.1, 0.15) is 85.0 Å². The molecule has 13 heteroatoms. The number of ether oxygens (including phenoxy) is 4. The number of fused-ring (bicyclic) bond motifs is 1. The van der Waals surface area contributed by atoms with Gasteiger partial charge in [-0.05, 0) is 59.3 Å².